The molecule has 0 aliphatic carbocycles. The number of quaternary nitrogens is 1. The average molecular weight is 420 g/mol. The Labute approximate surface area is 164 Å². The summed E-state index contributed by atoms with van der Waals surface area (Å²) in [6, 6.07) is 9.93. The minimum Gasteiger partial charge on any atom is -0.496 e. The topological polar surface area (TPSA) is 42.8 Å². The molecule has 0 saturated heterocycles. The van der Waals surface area contributed by atoms with Gasteiger partial charge in [0.1, 0.15) is 12.3 Å². The third-order valence-electron chi connectivity index (χ3n) is 4.77. The second kappa shape index (κ2) is 8.69. The predicted octanol–water partition coefficient (Wildman–Crippen LogP) is 3.42. The van der Waals surface area contributed by atoms with Crippen LogP contribution >= 0.6 is 15.9 Å². The van der Waals surface area contributed by atoms with Crippen LogP contribution < -0.4 is 15.0 Å². The minimum atomic E-state index is -0.196. The van der Waals surface area contributed by atoms with Gasteiger partial charge in [-0.25, -0.2) is 0 Å². The van der Waals surface area contributed by atoms with E-state index in [4.69, 9.17) is 4.74 Å². The number of hydrogen-bond acceptors (Lipinski definition) is 2. The molecule has 0 saturated carbocycles. The monoisotopic (exact) mass is 419 g/mol. The molecular weight excluding hydrogens is 392 g/mol. The fraction of sp³-hybridized carbons (Fsp3) is 0.381. The standard InChI is InChI=1S/C21H27BrN2O2/c1-13-9-14(2)20(15(3)10-13)23-21(25)16(4)24(5)12-17-11-18(22)7-8-19(17)26-6/h7-11,16H,12H2,1-6H3,(H,23,25)/p+1/t16-/m1/s1. The number of nitrogens with one attached hydrogen (secondary N) is 2. The van der Waals surface area contributed by atoms with Gasteiger partial charge in [0.15, 0.2) is 6.04 Å². The molecule has 0 heterocycles. The van der Waals surface area contributed by atoms with Crippen molar-refractivity contribution in [1.29, 1.82) is 0 Å². The second-order valence-electron chi connectivity index (χ2n) is 6.96. The van der Waals surface area contributed by atoms with Crippen LogP contribution in [0, 0.1) is 20.8 Å². The molecule has 2 N–H and O–H groups in total. The molecule has 2 aromatic rings. The van der Waals surface area contributed by atoms with Gasteiger partial charge in [0, 0.05) is 15.7 Å². The third kappa shape index (κ3) is 4.86. The quantitative estimate of drug-likeness (QED) is 0.752. The lowest BCUT2D eigenvalue weighted by Crippen LogP contribution is -3.12. The maximum absolute atomic E-state index is 12.8. The molecule has 4 nitrogen and oxygen atoms in total. The van der Waals surface area contributed by atoms with Gasteiger partial charge in [0.2, 0.25) is 0 Å². The second-order valence-corrected chi connectivity index (χ2v) is 7.88. The van der Waals surface area contributed by atoms with E-state index >= 15 is 0 Å². The zero-order valence-electron chi connectivity index (χ0n) is 16.4. The Morgan fingerprint density at radius 3 is 2.38 bits per heavy atom. The van der Waals surface area contributed by atoms with Crippen LogP contribution in [0.25, 0.3) is 0 Å². The van der Waals surface area contributed by atoms with Crippen molar-refractivity contribution in [3.05, 3.63) is 57.1 Å². The molecule has 1 unspecified atom stereocenters. The molecule has 2 aromatic carbocycles. The van der Waals surface area contributed by atoms with Crippen LogP contribution in [0.2, 0.25) is 0 Å². The van der Waals surface area contributed by atoms with Gasteiger partial charge < -0.3 is 15.0 Å². The Bertz CT molecular complexity index is 782. The Morgan fingerprint density at radius 2 is 1.81 bits per heavy atom. The van der Waals surface area contributed by atoms with Gasteiger partial charge >= 0.3 is 0 Å². The molecule has 0 aliphatic rings. The Balaban J connectivity index is 2.12. The van der Waals surface area contributed by atoms with Crippen molar-refractivity contribution >= 4 is 27.5 Å². The smallest absolute Gasteiger partial charge is 0.282 e. The van der Waals surface area contributed by atoms with E-state index in [2.05, 4.69) is 40.3 Å². The van der Waals surface area contributed by atoms with E-state index in [0.717, 1.165) is 37.5 Å². The zero-order chi connectivity index (χ0) is 19.4. The highest BCUT2D eigenvalue weighted by atomic mass is 79.9. The van der Waals surface area contributed by atoms with Gasteiger partial charge in [-0.05, 0) is 57.0 Å². The van der Waals surface area contributed by atoms with Gasteiger partial charge in [-0.1, -0.05) is 33.6 Å². The van der Waals surface area contributed by atoms with Crippen molar-refractivity contribution in [3.8, 4) is 5.75 Å². The number of carbonyl (C=O) groups excluding carboxylic acids is 1. The predicted molar refractivity (Wildman–Crippen MR) is 110 cm³/mol. The molecule has 0 spiro atoms. The van der Waals surface area contributed by atoms with E-state index in [-0.39, 0.29) is 11.9 Å². The van der Waals surface area contributed by atoms with E-state index in [9.17, 15) is 4.79 Å². The van der Waals surface area contributed by atoms with Crippen molar-refractivity contribution in [1.82, 2.24) is 0 Å². The summed E-state index contributed by atoms with van der Waals surface area (Å²) in [5, 5.41) is 3.11. The van der Waals surface area contributed by atoms with E-state index in [1.165, 1.54) is 5.56 Å². The highest BCUT2D eigenvalue weighted by Crippen LogP contribution is 2.23. The molecule has 1 amide bonds. The van der Waals surface area contributed by atoms with Crippen LogP contribution in [-0.4, -0.2) is 26.1 Å². The summed E-state index contributed by atoms with van der Waals surface area (Å²) >= 11 is 3.50. The lowest BCUT2D eigenvalue weighted by atomic mass is 10.0. The van der Waals surface area contributed by atoms with Crippen molar-refractivity contribution in [2.24, 2.45) is 0 Å². The van der Waals surface area contributed by atoms with E-state index in [1.807, 2.05) is 46.0 Å². The number of likely N-dealkylation sites (N-methyl/N-ethyl adjacent to an activating group) is 1. The summed E-state index contributed by atoms with van der Waals surface area (Å²) in [4.78, 5) is 13.9. The van der Waals surface area contributed by atoms with Gasteiger partial charge in [-0.3, -0.25) is 4.79 Å². The number of rotatable bonds is 6. The van der Waals surface area contributed by atoms with Gasteiger partial charge in [0.05, 0.1) is 14.2 Å². The number of anilines is 1. The third-order valence-corrected chi connectivity index (χ3v) is 5.26. The van der Waals surface area contributed by atoms with Crippen LogP contribution in [0.5, 0.6) is 5.75 Å². The number of methoxy groups -OCH3 is 1. The number of halogens is 1. The highest BCUT2D eigenvalue weighted by Gasteiger charge is 2.24. The molecule has 0 fully saturated rings. The van der Waals surface area contributed by atoms with Crippen molar-refractivity contribution in [2.45, 2.75) is 40.3 Å². The van der Waals surface area contributed by atoms with Crippen LogP contribution in [0.15, 0.2) is 34.8 Å². The minimum absolute atomic E-state index is 0.0199. The van der Waals surface area contributed by atoms with Crippen molar-refractivity contribution in [3.63, 3.8) is 0 Å². The number of aryl methyl sites for hydroxylation is 3. The van der Waals surface area contributed by atoms with Gasteiger partial charge in [-0.15, -0.1) is 0 Å². The summed E-state index contributed by atoms with van der Waals surface area (Å²) in [6.07, 6.45) is 0. The summed E-state index contributed by atoms with van der Waals surface area (Å²) in [5.41, 5.74) is 5.38. The lowest BCUT2D eigenvalue weighted by molar-refractivity contribution is -0.907. The van der Waals surface area contributed by atoms with Crippen molar-refractivity contribution in [2.75, 3.05) is 19.5 Å². The Kier molecular flexibility index (Phi) is 6.84. The fourth-order valence-electron chi connectivity index (χ4n) is 3.17. The number of carbonyl (C=O) groups is 1. The summed E-state index contributed by atoms with van der Waals surface area (Å²) in [5.74, 6) is 0.858. The van der Waals surface area contributed by atoms with E-state index in [1.54, 1.807) is 7.11 Å². The number of ether oxygens (including phenoxy) is 1. The van der Waals surface area contributed by atoms with Crippen LogP contribution in [0.3, 0.4) is 0 Å². The normalized spacial score (nSPS) is 13.2. The summed E-state index contributed by atoms with van der Waals surface area (Å²) < 4.78 is 6.45. The molecule has 0 aromatic heterocycles. The Hall–Kier alpha value is -1.85. The molecule has 5 heteroatoms. The zero-order valence-corrected chi connectivity index (χ0v) is 18.0. The molecule has 0 radical (unpaired) electrons. The van der Waals surface area contributed by atoms with E-state index < -0.39 is 0 Å². The van der Waals surface area contributed by atoms with Crippen LogP contribution in [-0.2, 0) is 11.3 Å². The highest BCUT2D eigenvalue weighted by molar-refractivity contribution is 9.10. The molecule has 0 bridgehead atoms. The number of hydrogen-bond donors (Lipinski definition) is 2. The van der Waals surface area contributed by atoms with Crippen molar-refractivity contribution < 1.29 is 14.4 Å². The largest absolute Gasteiger partial charge is 0.496 e. The first kappa shape index (κ1) is 20.5. The fourth-order valence-corrected chi connectivity index (χ4v) is 3.58. The van der Waals surface area contributed by atoms with Crippen LogP contribution in [0.4, 0.5) is 5.69 Å². The SMILES string of the molecule is COc1ccc(Br)cc1C[NH+](C)[C@H](C)C(=O)Nc1c(C)cc(C)cc1C. The summed E-state index contributed by atoms with van der Waals surface area (Å²) in [6.45, 7) is 8.78. The first-order valence-electron chi connectivity index (χ1n) is 8.76. The maximum Gasteiger partial charge on any atom is 0.282 e. The van der Waals surface area contributed by atoms with E-state index in [0.29, 0.717) is 6.54 Å². The Morgan fingerprint density at radius 1 is 1.19 bits per heavy atom. The first-order chi connectivity index (χ1) is 12.2. The molecule has 0 aliphatic heterocycles. The number of amides is 1. The van der Waals surface area contributed by atoms with Gasteiger partial charge in [0.25, 0.3) is 5.91 Å². The lowest BCUT2D eigenvalue weighted by Gasteiger charge is -2.23. The molecule has 2 atom stereocenters. The summed E-state index contributed by atoms with van der Waals surface area (Å²) in [7, 11) is 3.70. The molecule has 26 heavy (non-hydrogen) atoms. The van der Waals surface area contributed by atoms with Crippen LogP contribution in [0.1, 0.15) is 29.2 Å². The average Bonchev–Trinajstić information content (AvgIpc) is 2.57. The molecule has 2 rings (SSSR count). The molecule has 140 valence electrons. The maximum atomic E-state index is 12.8. The first-order valence-corrected chi connectivity index (χ1v) is 9.55. The number of benzene rings is 2. The molecular formula is C21H28BrN2O2+. The van der Waals surface area contributed by atoms with Gasteiger partial charge in [-0.2, -0.15) is 0 Å².